The van der Waals surface area contributed by atoms with Crippen LogP contribution >= 0.6 is 0 Å². The van der Waals surface area contributed by atoms with Crippen LogP contribution in [0.1, 0.15) is 23.0 Å². The molecule has 0 aromatic carbocycles. The zero-order valence-corrected chi connectivity index (χ0v) is 10.6. The fourth-order valence-electron chi connectivity index (χ4n) is 1.42. The number of rotatable bonds is 4. The third kappa shape index (κ3) is 3.44. The second-order valence-corrected chi connectivity index (χ2v) is 3.86. The molecule has 0 aliphatic heterocycles. The molecule has 1 rings (SSSR count). The van der Waals surface area contributed by atoms with Gasteiger partial charge in [0, 0.05) is 25.0 Å². The average molecular weight is 252 g/mol. The molecular weight excluding hydrogens is 236 g/mol. The first-order valence-electron chi connectivity index (χ1n) is 5.56. The Morgan fingerprint density at radius 2 is 2.11 bits per heavy atom. The zero-order chi connectivity index (χ0) is 13.7. The number of ether oxygens (including phenoxy) is 1. The molecule has 98 valence electrons. The van der Waals surface area contributed by atoms with Gasteiger partial charge in [0.25, 0.3) is 5.91 Å². The Balaban J connectivity index is 2.80. The first-order chi connectivity index (χ1) is 8.45. The van der Waals surface area contributed by atoms with Crippen LogP contribution in [0.25, 0.3) is 0 Å². The summed E-state index contributed by atoms with van der Waals surface area (Å²) >= 11 is 0. The first kappa shape index (κ1) is 14.0. The highest BCUT2D eigenvalue weighted by atomic mass is 16.5. The fraction of sp³-hybridized carbons (Fsp3) is 0.417. The summed E-state index contributed by atoms with van der Waals surface area (Å²) in [6.07, 6.45) is 1.35. The lowest BCUT2D eigenvalue weighted by Crippen LogP contribution is -2.35. The SMILES string of the molecule is CCOC(=O)CN(C)C(=O)c1c[nH]c(C)cc1=O. The number of carbonyl (C=O) groups is 2. The number of carbonyl (C=O) groups excluding carboxylic acids is 2. The Labute approximate surface area is 105 Å². The Morgan fingerprint density at radius 1 is 1.44 bits per heavy atom. The molecule has 1 aromatic rings. The van der Waals surface area contributed by atoms with Crippen molar-refractivity contribution in [1.82, 2.24) is 9.88 Å². The number of hydrogen-bond donors (Lipinski definition) is 1. The fourth-order valence-corrected chi connectivity index (χ4v) is 1.42. The molecule has 0 aliphatic rings. The Hall–Kier alpha value is -2.11. The smallest absolute Gasteiger partial charge is 0.325 e. The van der Waals surface area contributed by atoms with E-state index in [0.717, 1.165) is 4.90 Å². The minimum absolute atomic E-state index is 0.00685. The third-order valence-corrected chi connectivity index (χ3v) is 2.31. The van der Waals surface area contributed by atoms with Gasteiger partial charge in [-0.05, 0) is 13.8 Å². The number of nitrogens with zero attached hydrogens (tertiary/aromatic N) is 1. The van der Waals surface area contributed by atoms with Crippen molar-refractivity contribution in [2.45, 2.75) is 13.8 Å². The second kappa shape index (κ2) is 6.00. The van der Waals surface area contributed by atoms with Gasteiger partial charge >= 0.3 is 5.97 Å². The molecule has 6 heteroatoms. The molecule has 1 aromatic heterocycles. The molecule has 0 fully saturated rings. The van der Waals surface area contributed by atoms with Crippen LogP contribution in [0.3, 0.4) is 0 Å². The molecule has 1 heterocycles. The van der Waals surface area contributed by atoms with Crippen LogP contribution in [-0.2, 0) is 9.53 Å². The highest BCUT2D eigenvalue weighted by Gasteiger charge is 2.18. The van der Waals surface area contributed by atoms with E-state index >= 15 is 0 Å². The van der Waals surface area contributed by atoms with E-state index in [2.05, 4.69) is 4.98 Å². The normalized spacial score (nSPS) is 9.94. The van der Waals surface area contributed by atoms with Gasteiger partial charge in [-0.3, -0.25) is 14.4 Å². The summed E-state index contributed by atoms with van der Waals surface area (Å²) < 4.78 is 4.73. The van der Waals surface area contributed by atoms with Crippen molar-refractivity contribution in [3.63, 3.8) is 0 Å². The Morgan fingerprint density at radius 3 is 2.67 bits per heavy atom. The lowest BCUT2D eigenvalue weighted by Gasteiger charge is -2.15. The van der Waals surface area contributed by atoms with E-state index in [0.29, 0.717) is 5.69 Å². The summed E-state index contributed by atoms with van der Waals surface area (Å²) in [6.45, 7) is 3.48. The standard InChI is InChI=1S/C12H16N2O4/c1-4-18-11(16)7-14(3)12(17)9-6-13-8(2)5-10(9)15/h5-6H,4,7H2,1-3H3,(H,13,15). The molecule has 0 bridgehead atoms. The minimum atomic E-state index is -0.510. The Kier molecular flexibility index (Phi) is 4.65. The third-order valence-electron chi connectivity index (χ3n) is 2.31. The van der Waals surface area contributed by atoms with Gasteiger partial charge in [-0.15, -0.1) is 0 Å². The van der Waals surface area contributed by atoms with Crippen molar-refractivity contribution in [3.8, 4) is 0 Å². The van der Waals surface area contributed by atoms with Crippen LogP contribution < -0.4 is 5.43 Å². The van der Waals surface area contributed by atoms with Crippen LogP contribution in [0.2, 0.25) is 0 Å². The van der Waals surface area contributed by atoms with E-state index in [1.54, 1.807) is 13.8 Å². The Bertz CT molecular complexity index is 507. The molecule has 0 radical (unpaired) electrons. The maximum atomic E-state index is 11.9. The molecule has 0 atom stereocenters. The predicted molar refractivity (Wildman–Crippen MR) is 65.4 cm³/mol. The van der Waals surface area contributed by atoms with Crippen molar-refractivity contribution in [3.05, 3.63) is 33.7 Å². The van der Waals surface area contributed by atoms with Gasteiger partial charge in [0.1, 0.15) is 12.1 Å². The minimum Gasteiger partial charge on any atom is -0.465 e. The van der Waals surface area contributed by atoms with Crippen LogP contribution in [0.15, 0.2) is 17.1 Å². The van der Waals surface area contributed by atoms with Gasteiger partial charge in [0.05, 0.1) is 6.61 Å². The highest BCUT2D eigenvalue weighted by molar-refractivity contribution is 5.95. The number of hydrogen-bond acceptors (Lipinski definition) is 4. The number of esters is 1. The monoisotopic (exact) mass is 252 g/mol. The number of H-pyrrole nitrogens is 1. The van der Waals surface area contributed by atoms with Gasteiger partial charge < -0.3 is 14.6 Å². The van der Waals surface area contributed by atoms with Crippen molar-refractivity contribution < 1.29 is 14.3 Å². The lowest BCUT2D eigenvalue weighted by molar-refractivity contribution is -0.143. The highest BCUT2D eigenvalue weighted by Crippen LogP contribution is 1.98. The summed E-state index contributed by atoms with van der Waals surface area (Å²) in [5, 5.41) is 0. The molecule has 0 aliphatic carbocycles. The second-order valence-electron chi connectivity index (χ2n) is 3.86. The molecule has 0 unspecified atom stereocenters. The van der Waals surface area contributed by atoms with Gasteiger partial charge in [-0.2, -0.15) is 0 Å². The number of aryl methyl sites for hydroxylation is 1. The molecule has 6 nitrogen and oxygen atoms in total. The largest absolute Gasteiger partial charge is 0.465 e. The molecule has 1 N–H and O–H groups in total. The van der Waals surface area contributed by atoms with Gasteiger partial charge in [-0.1, -0.05) is 0 Å². The zero-order valence-electron chi connectivity index (χ0n) is 10.6. The number of nitrogens with one attached hydrogen (secondary N) is 1. The van der Waals surface area contributed by atoms with E-state index in [9.17, 15) is 14.4 Å². The van der Waals surface area contributed by atoms with E-state index in [4.69, 9.17) is 4.74 Å². The lowest BCUT2D eigenvalue weighted by atomic mass is 10.2. The van der Waals surface area contributed by atoms with E-state index in [1.807, 2.05) is 0 Å². The number of amides is 1. The first-order valence-corrected chi connectivity index (χ1v) is 5.56. The quantitative estimate of drug-likeness (QED) is 0.782. The van der Waals surface area contributed by atoms with Gasteiger partial charge in [0.2, 0.25) is 0 Å². The van der Waals surface area contributed by atoms with E-state index in [1.165, 1.54) is 19.3 Å². The number of aromatic amines is 1. The van der Waals surface area contributed by atoms with Crippen molar-refractivity contribution in [2.24, 2.45) is 0 Å². The summed E-state index contributed by atoms with van der Waals surface area (Å²) in [7, 11) is 1.44. The molecule has 18 heavy (non-hydrogen) atoms. The van der Waals surface area contributed by atoms with Crippen LogP contribution in [0, 0.1) is 6.92 Å². The summed E-state index contributed by atoms with van der Waals surface area (Å²) in [5.74, 6) is -1.01. The van der Waals surface area contributed by atoms with Gasteiger partial charge in [0.15, 0.2) is 5.43 Å². The predicted octanol–water partition coefficient (Wildman–Crippen LogP) is 0.318. The molecule has 0 spiro atoms. The van der Waals surface area contributed by atoms with E-state index < -0.39 is 11.9 Å². The number of pyridine rings is 1. The molecular formula is C12H16N2O4. The average Bonchev–Trinajstić information content (AvgIpc) is 2.28. The maximum absolute atomic E-state index is 11.9. The van der Waals surface area contributed by atoms with Crippen molar-refractivity contribution in [2.75, 3.05) is 20.2 Å². The molecule has 0 saturated heterocycles. The van der Waals surface area contributed by atoms with Crippen LogP contribution in [0.5, 0.6) is 0 Å². The van der Waals surface area contributed by atoms with Crippen molar-refractivity contribution >= 4 is 11.9 Å². The number of aromatic nitrogens is 1. The summed E-state index contributed by atoms with van der Waals surface area (Å²) in [4.78, 5) is 38.7. The topological polar surface area (TPSA) is 79.5 Å². The molecule has 1 amide bonds. The van der Waals surface area contributed by atoms with Gasteiger partial charge in [-0.25, -0.2) is 0 Å². The maximum Gasteiger partial charge on any atom is 0.325 e. The van der Waals surface area contributed by atoms with Crippen LogP contribution in [-0.4, -0.2) is 42.0 Å². The summed E-state index contributed by atoms with van der Waals surface area (Å²) in [5.41, 5.74) is 0.309. The van der Waals surface area contributed by atoms with E-state index in [-0.39, 0.29) is 24.1 Å². The van der Waals surface area contributed by atoms with Crippen molar-refractivity contribution in [1.29, 1.82) is 0 Å². The number of likely N-dealkylation sites (N-methyl/N-ethyl adjacent to an activating group) is 1. The molecule has 0 saturated carbocycles. The van der Waals surface area contributed by atoms with Crippen LogP contribution in [0.4, 0.5) is 0 Å². The summed E-state index contributed by atoms with van der Waals surface area (Å²) in [6, 6.07) is 1.34.